The lowest BCUT2D eigenvalue weighted by Gasteiger charge is -2.33. The molecule has 0 bridgehead atoms. The van der Waals surface area contributed by atoms with Gasteiger partial charge in [0.15, 0.2) is 0 Å². The highest BCUT2D eigenvalue weighted by atomic mass is 35.5. The van der Waals surface area contributed by atoms with E-state index in [-0.39, 0.29) is 9.92 Å². The second kappa shape index (κ2) is 7.76. The molecule has 9 heteroatoms. The van der Waals surface area contributed by atoms with Crippen LogP contribution in [0.2, 0.25) is 5.02 Å². The van der Waals surface area contributed by atoms with Gasteiger partial charge >= 0.3 is 0 Å². The smallest absolute Gasteiger partial charge is 0.243 e. The molecule has 29 heavy (non-hydrogen) atoms. The summed E-state index contributed by atoms with van der Waals surface area (Å²) in [6.45, 7) is 2.26. The van der Waals surface area contributed by atoms with Crippen molar-refractivity contribution in [2.24, 2.45) is 0 Å². The van der Waals surface area contributed by atoms with E-state index in [4.69, 9.17) is 11.6 Å². The minimum atomic E-state index is -3.73. The number of hydrogen-bond donors (Lipinski definition) is 0. The number of nitrogens with zero attached hydrogens (tertiary/aromatic N) is 4. The number of nitriles is 1. The molecule has 0 N–H and O–H groups in total. The van der Waals surface area contributed by atoms with Gasteiger partial charge in [-0.25, -0.2) is 12.8 Å². The van der Waals surface area contributed by atoms with Gasteiger partial charge in [-0.1, -0.05) is 17.7 Å². The molecule has 0 amide bonds. The molecule has 1 saturated heterocycles. The molecule has 0 saturated carbocycles. The quantitative estimate of drug-likeness (QED) is 0.635. The highest BCUT2D eigenvalue weighted by molar-refractivity contribution is 7.89. The lowest BCUT2D eigenvalue weighted by Crippen LogP contribution is -2.48. The molecule has 1 aromatic carbocycles. The van der Waals surface area contributed by atoms with E-state index in [9.17, 15) is 18.1 Å². The zero-order valence-corrected chi connectivity index (χ0v) is 17.0. The van der Waals surface area contributed by atoms with Gasteiger partial charge in [-0.3, -0.25) is 4.90 Å². The van der Waals surface area contributed by atoms with Gasteiger partial charge in [-0.2, -0.15) is 9.57 Å². The summed E-state index contributed by atoms with van der Waals surface area (Å²) in [5.74, 6) is -0.649. The molecule has 0 radical (unpaired) electrons. The molecule has 0 atom stereocenters. The highest BCUT2D eigenvalue weighted by Crippen LogP contribution is 2.24. The largest absolute Gasteiger partial charge is 0.322 e. The summed E-state index contributed by atoms with van der Waals surface area (Å²) >= 11 is 5.74. The van der Waals surface area contributed by atoms with E-state index in [0.717, 1.165) is 23.2 Å². The monoisotopic (exact) mass is 432 g/mol. The minimum absolute atomic E-state index is 0.0113. The summed E-state index contributed by atoms with van der Waals surface area (Å²) in [7, 11) is -3.73. The van der Waals surface area contributed by atoms with Gasteiger partial charge in [0.25, 0.3) is 0 Å². The van der Waals surface area contributed by atoms with Crippen molar-refractivity contribution in [2.45, 2.75) is 11.4 Å². The first-order valence-corrected chi connectivity index (χ1v) is 10.9. The summed E-state index contributed by atoms with van der Waals surface area (Å²) < 4.78 is 42.3. The van der Waals surface area contributed by atoms with Gasteiger partial charge in [-0.15, -0.1) is 0 Å². The van der Waals surface area contributed by atoms with Gasteiger partial charge in [0.2, 0.25) is 10.0 Å². The third kappa shape index (κ3) is 3.74. The van der Waals surface area contributed by atoms with Crippen molar-refractivity contribution in [3.05, 3.63) is 70.8 Å². The minimum Gasteiger partial charge on any atom is -0.322 e. The molecule has 6 nitrogen and oxygen atoms in total. The Balaban J connectivity index is 1.47. The van der Waals surface area contributed by atoms with E-state index >= 15 is 0 Å². The fraction of sp³-hybridized carbons (Fsp3) is 0.250. The fourth-order valence-corrected chi connectivity index (χ4v) is 5.28. The second-order valence-electron chi connectivity index (χ2n) is 6.89. The van der Waals surface area contributed by atoms with Crippen molar-refractivity contribution in [2.75, 3.05) is 26.2 Å². The van der Waals surface area contributed by atoms with Crippen LogP contribution in [0.4, 0.5) is 4.39 Å². The number of benzene rings is 1. The first kappa shape index (κ1) is 19.9. The highest BCUT2D eigenvalue weighted by Gasteiger charge is 2.29. The molecule has 1 aliphatic rings. The van der Waals surface area contributed by atoms with Crippen molar-refractivity contribution >= 4 is 27.1 Å². The van der Waals surface area contributed by atoms with Crippen LogP contribution in [0, 0.1) is 17.1 Å². The molecule has 150 valence electrons. The lowest BCUT2D eigenvalue weighted by molar-refractivity contribution is 0.181. The molecule has 4 rings (SSSR count). The number of piperazine rings is 1. The Bertz CT molecular complexity index is 1210. The number of fused-ring (bicyclic) bond motifs is 1. The van der Waals surface area contributed by atoms with E-state index in [2.05, 4.69) is 11.0 Å². The second-order valence-corrected chi connectivity index (χ2v) is 9.24. The molecule has 1 aliphatic heterocycles. The van der Waals surface area contributed by atoms with E-state index < -0.39 is 15.8 Å². The first-order valence-electron chi connectivity index (χ1n) is 9.06. The Hall–Kier alpha value is -2.44. The van der Waals surface area contributed by atoms with Crippen LogP contribution in [-0.4, -0.2) is 48.2 Å². The Labute approximate surface area is 173 Å². The maximum Gasteiger partial charge on any atom is 0.243 e. The Morgan fingerprint density at radius 1 is 1.14 bits per heavy atom. The number of halogens is 2. The average Bonchev–Trinajstić information content (AvgIpc) is 3.07. The predicted molar refractivity (Wildman–Crippen MR) is 108 cm³/mol. The van der Waals surface area contributed by atoms with Crippen LogP contribution in [0.15, 0.2) is 53.7 Å². The molecule has 2 aromatic heterocycles. The molecule has 0 spiro atoms. The Morgan fingerprint density at radius 3 is 2.59 bits per heavy atom. The zero-order valence-electron chi connectivity index (χ0n) is 15.4. The van der Waals surface area contributed by atoms with Crippen LogP contribution in [0.25, 0.3) is 5.52 Å². The topological polar surface area (TPSA) is 68.8 Å². The zero-order chi connectivity index (χ0) is 20.6. The normalized spacial score (nSPS) is 16.2. The summed E-state index contributed by atoms with van der Waals surface area (Å²) in [6.07, 6.45) is 3.84. The number of hydrogen-bond acceptors (Lipinski definition) is 4. The van der Waals surface area contributed by atoms with Crippen LogP contribution >= 0.6 is 11.6 Å². The van der Waals surface area contributed by atoms with Crippen LogP contribution in [0.5, 0.6) is 0 Å². The van der Waals surface area contributed by atoms with Crippen molar-refractivity contribution in [1.82, 2.24) is 13.6 Å². The number of rotatable bonds is 4. The molecule has 0 aliphatic carbocycles. The molecule has 3 heterocycles. The summed E-state index contributed by atoms with van der Waals surface area (Å²) in [5.41, 5.74) is 2.42. The van der Waals surface area contributed by atoms with Crippen LogP contribution in [0.1, 0.15) is 11.1 Å². The van der Waals surface area contributed by atoms with Crippen molar-refractivity contribution in [3.8, 4) is 6.07 Å². The average molecular weight is 433 g/mol. The molecule has 1 fully saturated rings. The van der Waals surface area contributed by atoms with Crippen molar-refractivity contribution in [1.29, 1.82) is 5.26 Å². The van der Waals surface area contributed by atoms with Gasteiger partial charge < -0.3 is 4.40 Å². The predicted octanol–water partition coefficient (Wildman–Crippen LogP) is 3.11. The molecule has 3 aromatic rings. The fourth-order valence-electron chi connectivity index (χ4n) is 3.58. The Kier molecular flexibility index (Phi) is 5.32. The van der Waals surface area contributed by atoms with E-state index in [1.807, 2.05) is 35.0 Å². The molecule has 0 unspecified atom stereocenters. The van der Waals surface area contributed by atoms with Crippen molar-refractivity contribution in [3.63, 3.8) is 0 Å². The summed E-state index contributed by atoms with van der Waals surface area (Å²) in [4.78, 5) is 2.11. The Morgan fingerprint density at radius 2 is 1.90 bits per heavy atom. The SMILES string of the molecule is N#Cc1c(CN2CCN(S(=O)(=O)c3ccc(F)c(Cl)c3)CC2)cn2ccccc12. The number of aromatic nitrogens is 1. The number of pyridine rings is 1. The van der Waals surface area contributed by atoms with Crippen LogP contribution in [-0.2, 0) is 16.6 Å². The molecular weight excluding hydrogens is 415 g/mol. The maximum absolute atomic E-state index is 13.4. The van der Waals surface area contributed by atoms with E-state index in [0.29, 0.717) is 38.3 Å². The standard InChI is InChI=1S/C20H18ClFN4O2S/c21-18-11-16(4-5-19(18)22)29(27,28)26-9-7-24(8-10-26)13-15-14-25-6-2-1-3-20(25)17(15)12-23/h1-6,11,14H,7-10,13H2. The van der Waals surface area contributed by atoms with Crippen LogP contribution < -0.4 is 0 Å². The third-order valence-corrected chi connectivity index (χ3v) is 7.31. The van der Waals surface area contributed by atoms with Crippen LogP contribution in [0.3, 0.4) is 0 Å². The van der Waals surface area contributed by atoms with Crippen molar-refractivity contribution < 1.29 is 12.8 Å². The van der Waals surface area contributed by atoms with E-state index in [1.165, 1.54) is 10.4 Å². The van der Waals surface area contributed by atoms with Gasteiger partial charge in [0, 0.05) is 50.7 Å². The first-order chi connectivity index (χ1) is 13.9. The lowest BCUT2D eigenvalue weighted by atomic mass is 10.1. The third-order valence-electron chi connectivity index (χ3n) is 5.13. The maximum atomic E-state index is 13.4. The van der Waals surface area contributed by atoms with Gasteiger partial charge in [-0.05, 0) is 30.3 Å². The van der Waals surface area contributed by atoms with Gasteiger partial charge in [0.05, 0.1) is 21.0 Å². The summed E-state index contributed by atoms with van der Waals surface area (Å²) in [6, 6.07) is 11.4. The summed E-state index contributed by atoms with van der Waals surface area (Å²) in [5, 5.41) is 9.33. The van der Waals surface area contributed by atoms with E-state index in [1.54, 1.807) is 0 Å². The van der Waals surface area contributed by atoms with Gasteiger partial charge in [0.1, 0.15) is 11.9 Å². The number of sulfonamides is 1. The molecular formula is C20H18ClFN4O2S.